The number of hydrogen-bond donors (Lipinski definition) is 1. The molecular weight excluding hydrogens is 316 g/mol. The molecule has 4 nitrogen and oxygen atoms in total. The molecule has 0 fully saturated rings. The molecule has 0 saturated heterocycles. The maximum Gasteiger partial charge on any atom is 0.314 e. The van der Waals surface area contributed by atoms with Gasteiger partial charge in [0.25, 0.3) is 0 Å². The summed E-state index contributed by atoms with van der Waals surface area (Å²) in [6, 6.07) is 18.5. The fourth-order valence-corrected chi connectivity index (χ4v) is 2.87. The van der Waals surface area contributed by atoms with E-state index in [0.29, 0.717) is 0 Å². The van der Waals surface area contributed by atoms with Gasteiger partial charge in [-0.2, -0.15) is 0 Å². The second-order valence-electron chi connectivity index (χ2n) is 7.04. The number of benzene rings is 2. The Morgan fingerprint density at radius 1 is 0.920 bits per heavy atom. The van der Waals surface area contributed by atoms with Crippen LogP contribution in [-0.4, -0.2) is 22.6 Å². The van der Waals surface area contributed by atoms with Crippen molar-refractivity contribution in [3.8, 4) is 0 Å². The van der Waals surface area contributed by atoms with E-state index in [9.17, 15) is 14.7 Å². The molecule has 4 heteroatoms. The lowest BCUT2D eigenvalue weighted by molar-refractivity contribution is -0.157. The van der Waals surface area contributed by atoms with Gasteiger partial charge in [-0.15, -0.1) is 0 Å². The van der Waals surface area contributed by atoms with Gasteiger partial charge in [-0.1, -0.05) is 60.7 Å². The second-order valence-corrected chi connectivity index (χ2v) is 7.04. The largest absolute Gasteiger partial charge is 0.481 e. The van der Waals surface area contributed by atoms with Crippen LogP contribution >= 0.6 is 0 Å². The first-order valence-corrected chi connectivity index (χ1v) is 8.32. The van der Waals surface area contributed by atoms with Crippen molar-refractivity contribution in [2.24, 2.45) is 0 Å². The third kappa shape index (κ3) is 5.45. The lowest BCUT2D eigenvalue weighted by Gasteiger charge is -2.29. The topological polar surface area (TPSA) is 63.6 Å². The van der Waals surface area contributed by atoms with Crippen molar-refractivity contribution in [3.05, 3.63) is 71.8 Å². The first-order chi connectivity index (χ1) is 11.8. The summed E-state index contributed by atoms with van der Waals surface area (Å²) < 4.78 is 5.61. The van der Waals surface area contributed by atoms with Crippen LogP contribution in [0.1, 0.15) is 50.2 Å². The number of carbonyl (C=O) groups is 2. The van der Waals surface area contributed by atoms with Crippen molar-refractivity contribution in [2.75, 3.05) is 0 Å². The number of ether oxygens (including phenoxy) is 1. The molecule has 0 saturated carbocycles. The smallest absolute Gasteiger partial charge is 0.314 e. The van der Waals surface area contributed by atoms with Crippen LogP contribution in [0, 0.1) is 0 Å². The van der Waals surface area contributed by atoms with Gasteiger partial charge < -0.3 is 9.84 Å². The predicted molar refractivity (Wildman–Crippen MR) is 96.5 cm³/mol. The van der Waals surface area contributed by atoms with Gasteiger partial charge in [0.05, 0.1) is 12.3 Å². The molecule has 2 aromatic rings. The average molecular weight is 340 g/mol. The normalized spacial score (nSPS) is 13.7. The molecule has 0 spiro atoms. The van der Waals surface area contributed by atoms with Crippen LogP contribution < -0.4 is 0 Å². The maximum atomic E-state index is 12.9. The zero-order valence-corrected chi connectivity index (χ0v) is 14.8. The van der Waals surface area contributed by atoms with E-state index in [1.165, 1.54) is 0 Å². The molecule has 0 unspecified atom stereocenters. The van der Waals surface area contributed by atoms with Gasteiger partial charge in [0.2, 0.25) is 0 Å². The highest BCUT2D eigenvalue weighted by Crippen LogP contribution is 2.37. The van der Waals surface area contributed by atoms with Crippen LogP contribution in [0.25, 0.3) is 0 Å². The SMILES string of the molecule is CC(C)(C)OC(=O)[C@@H](c1ccccc1)[C@@H](CC(=O)O)c1ccccc1. The van der Waals surface area contributed by atoms with Crippen molar-refractivity contribution >= 4 is 11.9 Å². The minimum Gasteiger partial charge on any atom is -0.481 e. The van der Waals surface area contributed by atoms with Crippen molar-refractivity contribution in [1.82, 2.24) is 0 Å². The molecule has 25 heavy (non-hydrogen) atoms. The minimum absolute atomic E-state index is 0.150. The Morgan fingerprint density at radius 2 is 1.40 bits per heavy atom. The number of carbonyl (C=O) groups excluding carboxylic acids is 1. The Hall–Kier alpha value is -2.62. The van der Waals surface area contributed by atoms with E-state index in [1.54, 1.807) is 0 Å². The van der Waals surface area contributed by atoms with Crippen LogP contribution in [0.15, 0.2) is 60.7 Å². The summed E-state index contributed by atoms with van der Waals surface area (Å²) in [7, 11) is 0. The predicted octanol–water partition coefficient (Wildman–Crippen LogP) is 4.37. The quantitative estimate of drug-likeness (QED) is 0.793. The zero-order valence-electron chi connectivity index (χ0n) is 14.8. The van der Waals surface area contributed by atoms with E-state index in [2.05, 4.69) is 0 Å². The second kappa shape index (κ2) is 7.97. The van der Waals surface area contributed by atoms with E-state index >= 15 is 0 Å². The van der Waals surface area contributed by atoms with Gasteiger partial charge in [-0.3, -0.25) is 9.59 Å². The molecule has 132 valence electrons. The molecular formula is C21H24O4. The molecule has 0 aliphatic carbocycles. The van der Waals surface area contributed by atoms with E-state index in [-0.39, 0.29) is 6.42 Å². The lowest BCUT2D eigenvalue weighted by Crippen LogP contribution is -2.31. The molecule has 0 radical (unpaired) electrons. The molecule has 0 aliphatic heterocycles. The van der Waals surface area contributed by atoms with Crippen molar-refractivity contribution in [3.63, 3.8) is 0 Å². The van der Waals surface area contributed by atoms with Gasteiger partial charge >= 0.3 is 11.9 Å². The molecule has 2 rings (SSSR count). The molecule has 0 heterocycles. The Morgan fingerprint density at radius 3 is 1.84 bits per heavy atom. The van der Waals surface area contributed by atoms with Crippen molar-refractivity contribution < 1.29 is 19.4 Å². The molecule has 2 aromatic carbocycles. The number of aliphatic carboxylic acids is 1. The van der Waals surface area contributed by atoms with E-state index in [0.717, 1.165) is 11.1 Å². The average Bonchev–Trinajstić information content (AvgIpc) is 2.54. The van der Waals surface area contributed by atoms with Gasteiger partial charge in [-0.25, -0.2) is 0 Å². The van der Waals surface area contributed by atoms with Crippen LogP contribution in [0.5, 0.6) is 0 Å². The standard InChI is InChI=1S/C21H24O4/c1-21(2,3)25-20(24)19(16-12-8-5-9-13-16)17(14-18(22)23)15-10-6-4-7-11-15/h4-13,17,19H,14H2,1-3H3,(H,22,23)/t17-,19-/m0/s1. The molecule has 2 atom stereocenters. The van der Waals surface area contributed by atoms with Crippen LogP contribution in [0.3, 0.4) is 0 Å². The zero-order chi connectivity index (χ0) is 18.4. The molecule has 0 amide bonds. The number of carboxylic acid groups (broad SMARTS) is 1. The van der Waals surface area contributed by atoms with E-state index < -0.39 is 29.4 Å². The fraction of sp³-hybridized carbons (Fsp3) is 0.333. The Kier molecular flexibility index (Phi) is 5.97. The monoisotopic (exact) mass is 340 g/mol. The first kappa shape index (κ1) is 18.7. The summed E-state index contributed by atoms with van der Waals surface area (Å²) in [5.74, 6) is -2.54. The van der Waals surface area contributed by atoms with Gasteiger partial charge in [0, 0.05) is 5.92 Å². The summed E-state index contributed by atoms with van der Waals surface area (Å²) >= 11 is 0. The third-order valence-corrected chi connectivity index (χ3v) is 3.84. The minimum atomic E-state index is -0.946. The molecule has 0 bridgehead atoms. The summed E-state index contributed by atoms with van der Waals surface area (Å²) in [4.78, 5) is 24.4. The summed E-state index contributed by atoms with van der Waals surface area (Å²) in [6.45, 7) is 5.42. The number of esters is 1. The van der Waals surface area contributed by atoms with Crippen LogP contribution in [0.4, 0.5) is 0 Å². The van der Waals surface area contributed by atoms with Gasteiger partial charge in [0.1, 0.15) is 5.60 Å². The Labute approximate surface area is 148 Å². The molecule has 0 aromatic heterocycles. The van der Waals surface area contributed by atoms with E-state index in [1.807, 2.05) is 81.4 Å². The number of carboxylic acids is 1. The Bertz CT molecular complexity index is 702. The van der Waals surface area contributed by atoms with E-state index in [4.69, 9.17) is 4.74 Å². The number of rotatable bonds is 6. The lowest BCUT2D eigenvalue weighted by atomic mass is 9.79. The maximum absolute atomic E-state index is 12.9. The highest BCUT2D eigenvalue weighted by Gasteiger charge is 2.35. The van der Waals surface area contributed by atoms with Gasteiger partial charge in [-0.05, 0) is 31.9 Å². The van der Waals surface area contributed by atoms with Crippen molar-refractivity contribution in [2.45, 2.75) is 44.6 Å². The fourth-order valence-electron chi connectivity index (χ4n) is 2.87. The highest BCUT2D eigenvalue weighted by molar-refractivity contribution is 5.81. The molecule has 1 N–H and O–H groups in total. The van der Waals surface area contributed by atoms with Gasteiger partial charge in [0.15, 0.2) is 0 Å². The summed E-state index contributed by atoms with van der Waals surface area (Å²) in [5.41, 5.74) is 0.922. The van der Waals surface area contributed by atoms with Crippen LogP contribution in [0.2, 0.25) is 0 Å². The van der Waals surface area contributed by atoms with Crippen LogP contribution in [-0.2, 0) is 14.3 Å². The van der Waals surface area contributed by atoms with Crippen molar-refractivity contribution in [1.29, 1.82) is 0 Å². The highest BCUT2D eigenvalue weighted by atomic mass is 16.6. The number of hydrogen-bond acceptors (Lipinski definition) is 3. The third-order valence-electron chi connectivity index (χ3n) is 3.84. The summed E-state index contributed by atoms with van der Waals surface area (Å²) in [5, 5.41) is 9.40. The summed E-state index contributed by atoms with van der Waals surface area (Å²) in [6.07, 6.45) is -0.150. The Balaban J connectivity index is 2.50. The molecule has 0 aliphatic rings. The first-order valence-electron chi connectivity index (χ1n) is 8.32.